The predicted octanol–water partition coefficient (Wildman–Crippen LogP) is -1.05. The average Bonchev–Trinajstić information content (AvgIpc) is 2.39. The minimum atomic E-state index is -1.21. The normalized spacial score (nSPS) is 11.4. The molecule has 2 aromatic carbocycles. The van der Waals surface area contributed by atoms with Gasteiger partial charge in [-0.2, -0.15) is 7.80 Å². The molecule has 0 fully saturated rings. The monoisotopic (exact) mass is 234 g/mol. The second-order valence-corrected chi connectivity index (χ2v) is 5.42. The molecule has 1 unspecified atom stereocenters. The molecule has 0 aliphatic rings. The molecule has 2 rings (SSSR count). The van der Waals surface area contributed by atoms with Gasteiger partial charge in [0, 0.05) is 5.30 Å². The van der Waals surface area contributed by atoms with E-state index in [1.807, 2.05) is 42.5 Å². The van der Waals surface area contributed by atoms with Gasteiger partial charge in [-0.15, -0.1) is 0 Å². The zero-order chi connectivity index (χ0) is 11.4. The van der Waals surface area contributed by atoms with E-state index >= 15 is 0 Å². The van der Waals surface area contributed by atoms with Gasteiger partial charge in [-0.05, 0) is 24.3 Å². The number of benzene rings is 2. The fourth-order valence-corrected chi connectivity index (χ4v) is 3.23. The van der Waals surface area contributed by atoms with E-state index in [1.54, 1.807) is 7.11 Å². The van der Waals surface area contributed by atoms with Crippen LogP contribution in [-0.2, 0) is 0 Å². The Morgan fingerprint density at radius 3 is 2.18 bits per heavy atom. The van der Waals surface area contributed by atoms with E-state index in [2.05, 4.69) is 12.1 Å². The Morgan fingerprint density at radius 1 is 0.941 bits per heavy atom. The van der Waals surface area contributed by atoms with Gasteiger partial charge in [-0.3, -0.25) is 7.57 Å². The van der Waals surface area contributed by atoms with Crippen molar-refractivity contribution in [1.82, 2.24) is 0 Å². The van der Waals surface area contributed by atoms with Gasteiger partial charge in [0.2, 0.25) is 0 Å². The average molecular weight is 234 g/mol. The first-order chi connectivity index (χ1) is 7.83. The fraction of sp³-hybridized carbons (Fsp3) is 0.0769. The summed E-state index contributed by atoms with van der Waals surface area (Å²) in [7, 11) is 6.78. The molecular formula is C13H13BLiOP+. The van der Waals surface area contributed by atoms with Gasteiger partial charge in [0.15, 0.2) is 5.75 Å². The van der Waals surface area contributed by atoms with Crippen LogP contribution in [0.5, 0.6) is 5.75 Å². The molecule has 0 amide bonds. The van der Waals surface area contributed by atoms with E-state index in [4.69, 9.17) is 12.3 Å². The minimum absolute atomic E-state index is 0. The fourth-order valence-electron chi connectivity index (χ4n) is 1.64. The summed E-state index contributed by atoms with van der Waals surface area (Å²) >= 11 is 0. The van der Waals surface area contributed by atoms with Crippen molar-refractivity contribution in [2.75, 3.05) is 7.11 Å². The van der Waals surface area contributed by atoms with Gasteiger partial charge in [0.05, 0.1) is 12.4 Å². The van der Waals surface area contributed by atoms with Gasteiger partial charge < -0.3 is 4.74 Å². The minimum Gasteiger partial charge on any atom is -0.493 e. The number of methoxy groups -OCH3 is 1. The Labute approximate surface area is 117 Å². The molecule has 4 heteroatoms. The zero-order valence-electron chi connectivity index (χ0n) is 10.2. The third-order valence-corrected chi connectivity index (χ3v) is 4.43. The smallest absolute Gasteiger partial charge is 0.493 e. The molecule has 0 saturated carbocycles. The number of para-hydroxylation sites is 1. The van der Waals surface area contributed by atoms with Crippen molar-refractivity contribution >= 4 is 26.0 Å². The van der Waals surface area contributed by atoms with Crippen LogP contribution in [0.2, 0.25) is 0 Å². The first kappa shape index (κ1) is 14.4. The van der Waals surface area contributed by atoms with Crippen LogP contribution in [0.3, 0.4) is 0 Å². The van der Waals surface area contributed by atoms with Gasteiger partial charge in [-0.1, -0.05) is 30.3 Å². The van der Waals surface area contributed by atoms with Crippen LogP contribution in [0, 0.1) is 0 Å². The molecule has 0 bridgehead atoms. The van der Waals surface area contributed by atoms with Crippen molar-refractivity contribution in [2.24, 2.45) is 0 Å². The molecule has 0 saturated heterocycles. The summed E-state index contributed by atoms with van der Waals surface area (Å²) in [5, 5.41) is 2.30. The van der Waals surface area contributed by atoms with E-state index in [9.17, 15) is 0 Å². The molecule has 0 aliphatic heterocycles. The molecule has 1 nitrogen and oxygen atoms in total. The molecule has 0 N–H and O–H groups in total. The van der Waals surface area contributed by atoms with Gasteiger partial charge in [-0.25, -0.2) is 0 Å². The summed E-state index contributed by atoms with van der Waals surface area (Å²) in [5.41, 5.74) is 0. The van der Waals surface area contributed by atoms with Gasteiger partial charge in [0.25, 0.3) is 0 Å². The van der Waals surface area contributed by atoms with Crippen LogP contribution in [0.1, 0.15) is 0 Å². The van der Waals surface area contributed by atoms with E-state index in [-0.39, 0.29) is 18.9 Å². The Balaban J connectivity index is 0.00000144. The standard InChI is InChI=1S/C13H13BOP.Li/c1-15-12-9-5-6-10-13(12)16(14)11-7-3-2-4-8-11;/h2-10,16H,1H3;/q;+1. The molecule has 0 aliphatic carbocycles. The summed E-state index contributed by atoms with van der Waals surface area (Å²) < 4.78 is 5.33. The maximum Gasteiger partial charge on any atom is 1.00 e. The van der Waals surface area contributed by atoms with E-state index in [0.29, 0.717) is 0 Å². The topological polar surface area (TPSA) is 9.23 Å². The largest absolute Gasteiger partial charge is 1.00 e. The summed E-state index contributed by atoms with van der Waals surface area (Å²) in [6.07, 6.45) is 0. The first-order valence-corrected chi connectivity index (χ1v) is 6.72. The van der Waals surface area contributed by atoms with Crippen LogP contribution in [-0.4, -0.2) is 14.7 Å². The number of hydrogen-bond donors (Lipinski definition) is 0. The van der Waals surface area contributed by atoms with Crippen molar-refractivity contribution in [1.29, 1.82) is 0 Å². The second-order valence-electron chi connectivity index (χ2n) is 3.48. The summed E-state index contributed by atoms with van der Waals surface area (Å²) in [6.45, 7) is 0. The number of ether oxygens (including phenoxy) is 1. The second kappa shape index (κ2) is 6.92. The van der Waals surface area contributed by atoms with Crippen LogP contribution in [0.15, 0.2) is 54.6 Å². The Kier molecular flexibility index (Phi) is 5.86. The molecule has 2 aromatic rings. The third-order valence-electron chi connectivity index (χ3n) is 2.48. The summed E-state index contributed by atoms with van der Waals surface area (Å²) in [6, 6.07) is 18.1. The van der Waals surface area contributed by atoms with E-state index in [1.165, 1.54) is 5.30 Å². The predicted molar refractivity (Wildman–Crippen MR) is 72.8 cm³/mol. The van der Waals surface area contributed by atoms with Crippen molar-refractivity contribution in [3.05, 3.63) is 54.6 Å². The summed E-state index contributed by atoms with van der Waals surface area (Å²) in [5.74, 6) is 0.878. The SMILES string of the molecule is [B-][PH+](c1ccccc1)c1ccccc1OC.[Li+]. The van der Waals surface area contributed by atoms with Crippen LogP contribution >= 0.6 is 7.80 Å². The summed E-state index contributed by atoms with van der Waals surface area (Å²) in [4.78, 5) is 0. The van der Waals surface area contributed by atoms with Crippen molar-refractivity contribution in [2.45, 2.75) is 0 Å². The maximum absolute atomic E-state index is 6.31. The van der Waals surface area contributed by atoms with E-state index in [0.717, 1.165) is 11.1 Å². The van der Waals surface area contributed by atoms with Crippen molar-refractivity contribution in [3.63, 3.8) is 0 Å². The van der Waals surface area contributed by atoms with Gasteiger partial charge in [0.1, 0.15) is 0 Å². The van der Waals surface area contributed by atoms with E-state index < -0.39 is 7.80 Å². The molecule has 0 heterocycles. The molecular weight excluding hydrogens is 221 g/mol. The Hall–Kier alpha value is -0.668. The molecule has 79 valence electrons. The van der Waals surface area contributed by atoms with Crippen LogP contribution in [0.4, 0.5) is 0 Å². The van der Waals surface area contributed by atoms with Gasteiger partial charge >= 0.3 is 18.9 Å². The quantitative estimate of drug-likeness (QED) is 0.486. The Bertz CT molecular complexity index is 464. The molecule has 0 spiro atoms. The molecule has 0 aromatic heterocycles. The number of hydrogen-bond acceptors (Lipinski definition) is 1. The van der Waals surface area contributed by atoms with Crippen LogP contribution in [0.25, 0.3) is 0 Å². The Morgan fingerprint density at radius 2 is 1.53 bits per heavy atom. The van der Waals surface area contributed by atoms with Crippen molar-refractivity contribution in [3.8, 4) is 5.75 Å². The first-order valence-electron chi connectivity index (χ1n) is 5.14. The van der Waals surface area contributed by atoms with Crippen molar-refractivity contribution < 1.29 is 23.6 Å². The maximum atomic E-state index is 6.31. The third kappa shape index (κ3) is 3.40. The zero-order valence-corrected chi connectivity index (χ0v) is 11.2. The molecule has 1 atom stereocenters. The van der Waals surface area contributed by atoms with Crippen LogP contribution < -0.4 is 34.2 Å². The molecule has 17 heavy (non-hydrogen) atoms. The molecule has 3 radical (unpaired) electrons. The number of rotatable bonds is 3.